The van der Waals surface area contributed by atoms with E-state index < -0.39 is 15.7 Å². The van der Waals surface area contributed by atoms with Crippen molar-refractivity contribution < 1.29 is 32.6 Å². The van der Waals surface area contributed by atoms with E-state index >= 15 is 0 Å². The molecule has 2 N–H and O–H groups in total. The molecular formula is C25H28N4O7S2. The zero-order chi connectivity index (χ0) is 26.7. The van der Waals surface area contributed by atoms with E-state index in [1.54, 1.807) is 31.4 Å². The molecule has 3 aromatic rings. The molecule has 2 aliphatic rings. The smallest absolute Gasteiger partial charge is 0.280 e. The van der Waals surface area contributed by atoms with Crippen LogP contribution in [0.5, 0.6) is 5.88 Å². The van der Waals surface area contributed by atoms with Gasteiger partial charge in [0.25, 0.3) is 5.91 Å². The number of nitrogens with one attached hydrogen (secondary N) is 1. The molecule has 0 unspecified atom stereocenters. The number of carbonyl (C=O) groups is 1. The quantitative estimate of drug-likeness (QED) is 0.267. The Morgan fingerprint density at radius 1 is 1.11 bits per heavy atom. The molecule has 0 spiro atoms. The van der Waals surface area contributed by atoms with E-state index in [9.17, 15) is 13.2 Å². The van der Waals surface area contributed by atoms with E-state index in [0.717, 1.165) is 24.2 Å². The number of aliphatic hydroxyl groups is 1. The predicted octanol–water partition coefficient (Wildman–Crippen LogP) is 2.93. The van der Waals surface area contributed by atoms with Gasteiger partial charge < -0.3 is 19.4 Å². The van der Waals surface area contributed by atoms with Crippen LogP contribution < -0.4 is 10.1 Å². The van der Waals surface area contributed by atoms with Gasteiger partial charge in [-0.15, -0.1) is 0 Å². The summed E-state index contributed by atoms with van der Waals surface area (Å²) < 4.78 is 35.9. The van der Waals surface area contributed by atoms with Crippen molar-refractivity contribution >= 4 is 48.3 Å². The molecule has 0 aliphatic heterocycles. The second-order valence-corrected chi connectivity index (χ2v) is 12.3. The fourth-order valence-corrected chi connectivity index (χ4v) is 6.66. The molecule has 2 aliphatic carbocycles. The number of pyridine rings is 1. The number of ether oxygens (including phenoxy) is 2. The third-order valence-corrected chi connectivity index (χ3v) is 9.55. The van der Waals surface area contributed by atoms with Crippen LogP contribution in [0.25, 0.3) is 10.3 Å². The first kappa shape index (κ1) is 26.5. The lowest BCUT2D eigenvalue weighted by Crippen LogP contribution is -2.25. The molecule has 5 rings (SSSR count). The molecule has 13 heteroatoms. The molecule has 202 valence electrons. The van der Waals surface area contributed by atoms with Crippen molar-refractivity contribution in [2.75, 3.05) is 25.6 Å². The average molecular weight is 561 g/mol. The van der Waals surface area contributed by atoms with Crippen molar-refractivity contribution in [3.8, 4) is 5.88 Å². The topological polar surface area (TPSA) is 149 Å². The highest BCUT2D eigenvalue weighted by atomic mass is 32.2. The summed E-state index contributed by atoms with van der Waals surface area (Å²) in [5.41, 5.74) is 0.987. The first-order valence-corrected chi connectivity index (χ1v) is 14.7. The van der Waals surface area contributed by atoms with E-state index in [2.05, 4.69) is 20.4 Å². The molecule has 2 atom stereocenters. The van der Waals surface area contributed by atoms with Crippen LogP contribution in [0.4, 0.5) is 5.13 Å². The number of methoxy groups -OCH3 is 1. The zero-order valence-electron chi connectivity index (χ0n) is 20.7. The zero-order valence-corrected chi connectivity index (χ0v) is 22.3. The minimum Gasteiger partial charge on any atom is -0.475 e. The van der Waals surface area contributed by atoms with Crippen LogP contribution in [-0.2, 0) is 24.2 Å². The highest BCUT2D eigenvalue weighted by Crippen LogP contribution is 2.33. The van der Waals surface area contributed by atoms with Gasteiger partial charge in [0.1, 0.15) is 23.1 Å². The van der Waals surface area contributed by atoms with Crippen LogP contribution in [0.15, 0.2) is 46.4 Å². The van der Waals surface area contributed by atoms with Gasteiger partial charge in [-0.2, -0.15) is 0 Å². The Balaban J connectivity index is 1.38. The molecule has 1 aromatic carbocycles. The van der Waals surface area contributed by atoms with Gasteiger partial charge in [0.15, 0.2) is 20.7 Å². The van der Waals surface area contributed by atoms with Crippen molar-refractivity contribution in [2.24, 2.45) is 5.16 Å². The van der Waals surface area contributed by atoms with E-state index in [4.69, 9.17) is 19.4 Å². The Labute approximate surface area is 223 Å². The molecular weight excluding hydrogens is 532 g/mol. The van der Waals surface area contributed by atoms with E-state index in [-0.39, 0.29) is 41.3 Å². The monoisotopic (exact) mass is 560 g/mol. The molecule has 2 heterocycles. The Morgan fingerprint density at radius 2 is 1.87 bits per heavy atom. The second kappa shape index (κ2) is 11.3. The van der Waals surface area contributed by atoms with E-state index in [1.807, 2.05) is 0 Å². The number of amides is 1. The van der Waals surface area contributed by atoms with Crippen LogP contribution in [-0.4, -0.2) is 72.9 Å². The van der Waals surface area contributed by atoms with Gasteiger partial charge in [-0.3, -0.25) is 10.1 Å². The lowest BCUT2D eigenvalue weighted by molar-refractivity contribution is -0.110. The van der Waals surface area contributed by atoms with Crippen LogP contribution in [0.1, 0.15) is 37.7 Å². The SMILES string of the molecule is CO[C@@H]1CC[C@@H](O/N=C(/C(=O)Nc2nc3ccc(OCCO)nc3s2)c2ccc(S(=O)(=O)C3CC3)cc2)C1. The third kappa shape index (κ3) is 5.96. The number of fused-ring (bicyclic) bond motifs is 1. The summed E-state index contributed by atoms with van der Waals surface area (Å²) in [7, 11) is -1.71. The summed E-state index contributed by atoms with van der Waals surface area (Å²) in [4.78, 5) is 28.6. The highest BCUT2D eigenvalue weighted by molar-refractivity contribution is 7.92. The predicted molar refractivity (Wildman–Crippen MR) is 141 cm³/mol. The van der Waals surface area contributed by atoms with Gasteiger partial charge >= 0.3 is 0 Å². The Bertz CT molecular complexity index is 1440. The summed E-state index contributed by atoms with van der Waals surface area (Å²) in [6, 6.07) is 9.47. The molecule has 0 bridgehead atoms. The maximum absolute atomic E-state index is 13.4. The number of nitrogens with zero attached hydrogens (tertiary/aromatic N) is 3. The minimum atomic E-state index is -3.36. The van der Waals surface area contributed by atoms with Crippen LogP contribution in [0.2, 0.25) is 0 Å². The summed E-state index contributed by atoms with van der Waals surface area (Å²) in [6.45, 7) is -0.0119. The first-order chi connectivity index (χ1) is 18.4. The second-order valence-electron chi connectivity index (χ2n) is 9.13. The number of carbonyl (C=O) groups excluding carboxylic acids is 1. The van der Waals surface area contributed by atoms with Gasteiger partial charge in [-0.25, -0.2) is 18.4 Å². The summed E-state index contributed by atoms with van der Waals surface area (Å²) in [5.74, 6) is -0.212. The summed E-state index contributed by atoms with van der Waals surface area (Å²) in [5, 5.41) is 15.9. The number of sulfone groups is 1. The van der Waals surface area contributed by atoms with Crippen LogP contribution in [0.3, 0.4) is 0 Å². The van der Waals surface area contributed by atoms with E-state index in [1.165, 1.54) is 12.1 Å². The maximum atomic E-state index is 13.4. The highest BCUT2D eigenvalue weighted by Gasteiger charge is 2.37. The molecule has 2 saturated carbocycles. The maximum Gasteiger partial charge on any atom is 0.280 e. The lowest BCUT2D eigenvalue weighted by atomic mass is 10.1. The van der Waals surface area contributed by atoms with E-state index in [0.29, 0.717) is 46.2 Å². The molecule has 38 heavy (non-hydrogen) atoms. The first-order valence-electron chi connectivity index (χ1n) is 12.3. The number of anilines is 1. The van der Waals surface area contributed by atoms with Crippen molar-refractivity contribution in [1.82, 2.24) is 9.97 Å². The molecule has 11 nitrogen and oxygen atoms in total. The number of aromatic nitrogens is 2. The van der Waals surface area contributed by atoms with Crippen LogP contribution >= 0.6 is 11.3 Å². The number of hydrogen-bond acceptors (Lipinski definition) is 11. The molecule has 2 aromatic heterocycles. The van der Waals surface area contributed by atoms with Crippen molar-refractivity contribution in [3.05, 3.63) is 42.0 Å². The van der Waals surface area contributed by atoms with Crippen LogP contribution in [0, 0.1) is 0 Å². The van der Waals surface area contributed by atoms with Gasteiger partial charge in [0.05, 0.1) is 22.9 Å². The summed E-state index contributed by atoms with van der Waals surface area (Å²) in [6.07, 6.45) is 3.49. The average Bonchev–Trinajstić information content (AvgIpc) is 3.57. The molecule has 2 fully saturated rings. The van der Waals surface area contributed by atoms with Gasteiger partial charge in [-0.05, 0) is 43.9 Å². The number of rotatable bonds is 11. The standard InChI is InChI=1S/C25H28N4O7S2/c1-34-16-4-5-17(14-16)36-29-22(15-2-6-18(7-3-15)38(32,33)19-8-9-19)23(31)28-25-26-20-10-11-21(35-13-12-30)27-24(20)37-25/h2-3,6-7,10-11,16-17,19,30H,4-5,8-9,12-14H2,1H3,(H,26,28,31)/b29-22+/t16-,17-/m1/s1. The van der Waals surface area contributed by atoms with Crippen molar-refractivity contribution in [3.63, 3.8) is 0 Å². The number of thiazole rings is 1. The summed E-state index contributed by atoms with van der Waals surface area (Å²) >= 11 is 1.16. The lowest BCUT2D eigenvalue weighted by Gasteiger charge is -2.12. The fourth-order valence-electron chi connectivity index (χ4n) is 4.18. The number of aliphatic hydroxyl groups excluding tert-OH is 1. The largest absolute Gasteiger partial charge is 0.475 e. The van der Waals surface area contributed by atoms with Crippen molar-refractivity contribution in [2.45, 2.75) is 54.5 Å². The van der Waals surface area contributed by atoms with Gasteiger partial charge in [0.2, 0.25) is 5.88 Å². The molecule has 1 amide bonds. The molecule has 0 saturated heterocycles. The van der Waals surface area contributed by atoms with Gasteiger partial charge in [0, 0.05) is 25.2 Å². The molecule has 0 radical (unpaired) electrons. The number of hydrogen-bond donors (Lipinski definition) is 2. The van der Waals surface area contributed by atoms with Gasteiger partial charge in [-0.1, -0.05) is 28.6 Å². The number of oxime groups is 1. The normalized spacial score (nSPS) is 20.0. The number of benzene rings is 1. The third-order valence-electron chi connectivity index (χ3n) is 6.39. The Morgan fingerprint density at radius 3 is 2.55 bits per heavy atom. The fraction of sp³-hybridized carbons (Fsp3) is 0.440. The minimum absolute atomic E-state index is 0.000389. The Hall–Kier alpha value is -3.13. The van der Waals surface area contributed by atoms with Crippen molar-refractivity contribution in [1.29, 1.82) is 0 Å². The Kier molecular flexibility index (Phi) is 7.88.